The van der Waals surface area contributed by atoms with Gasteiger partial charge in [-0.2, -0.15) is 0 Å². The lowest BCUT2D eigenvalue weighted by Crippen LogP contribution is -2.39. The van der Waals surface area contributed by atoms with Gasteiger partial charge in [0.05, 0.1) is 17.1 Å². The zero-order chi connectivity index (χ0) is 20.7. The lowest BCUT2D eigenvalue weighted by molar-refractivity contribution is 0.115. The van der Waals surface area contributed by atoms with Gasteiger partial charge in [-0.15, -0.1) is 0 Å². The van der Waals surface area contributed by atoms with E-state index in [4.69, 9.17) is 4.74 Å². The molecule has 0 spiro atoms. The summed E-state index contributed by atoms with van der Waals surface area (Å²) in [7, 11) is -3.82. The molecule has 29 heavy (non-hydrogen) atoms. The number of anilines is 1. The van der Waals surface area contributed by atoms with Crippen LogP contribution in [0.25, 0.3) is 0 Å². The first-order chi connectivity index (χ1) is 14.0. The molecule has 0 unspecified atom stereocenters. The fourth-order valence-electron chi connectivity index (χ4n) is 2.91. The van der Waals surface area contributed by atoms with E-state index in [1.54, 1.807) is 54.6 Å². The van der Waals surface area contributed by atoms with E-state index in [1.807, 2.05) is 30.3 Å². The maximum atomic E-state index is 13.2. The average molecular weight is 412 g/mol. The minimum atomic E-state index is -3.82. The molecule has 0 aliphatic rings. The summed E-state index contributed by atoms with van der Waals surface area (Å²) in [6, 6.07) is 24.6. The standard InChI is InChI=1S/C23H25NO4S/c1-2-19-13-15-22(16-14-19)28-18-21(25)17-24(20-9-5-3-6-10-20)29(26,27)23-11-7-4-8-12-23/h3-16,21,25H,2,17-18H2,1H3/t21-/m0/s1. The predicted molar refractivity (Wildman–Crippen MR) is 115 cm³/mol. The molecule has 6 heteroatoms. The molecule has 0 aliphatic carbocycles. The van der Waals surface area contributed by atoms with Gasteiger partial charge in [0, 0.05) is 0 Å². The summed E-state index contributed by atoms with van der Waals surface area (Å²) in [4.78, 5) is 0.173. The smallest absolute Gasteiger partial charge is 0.264 e. The summed E-state index contributed by atoms with van der Waals surface area (Å²) >= 11 is 0. The van der Waals surface area contributed by atoms with Crippen LogP contribution in [0.5, 0.6) is 5.75 Å². The number of hydrogen-bond donors (Lipinski definition) is 1. The number of aliphatic hydroxyl groups excluding tert-OH is 1. The molecule has 1 atom stereocenters. The van der Waals surface area contributed by atoms with Crippen molar-refractivity contribution in [2.75, 3.05) is 17.5 Å². The van der Waals surface area contributed by atoms with E-state index >= 15 is 0 Å². The summed E-state index contributed by atoms with van der Waals surface area (Å²) < 4.78 is 33.2. The number of hydrogen-bond acceptors (Lipinski definition) is 4. The van der Waals surface area contributed by atoms with Crippen LogP contribution < -0.4 is 9.04 Å². The molecule has 0 heterocycles. The molecule has 0 aromatic heterocycles. The van der Waals surface area contributed by atoms with Crippen LogP contribution in [0.15, 0.2) is 89.8 Å². The van der Waals surface area contributed by atoms with Crippen molar-refractivity contribution in [2.45, 2.75) is 24.3 Å². The highest BCUT2D eigenvalue weighted by molar-refractivity contribution is 7.92. The van der Waals surface area contributed by atoms with Crippen molar-refractivity contribution in [1.82, 2.24) is 0 Å². The third kappa shape index (κ3) is 5.37. The quantitative estimate of drug-likeness (QED) is 0.580. The lowest BCUT2D eigenvalue weighted by atomic mass is 10.2. The predicted octanol–water partition coefficient (Wildman–Crippen LogP) is 3.88. The van der Waals surface area contributed by atoms with Gasteiger partial charge in [0.1, 0.15) is 18.5 Å². The van der Waals surface area contributed by atoms with E-state index in [0.29, 0.717) is 11.4 Å². The van der Waals surface area contributed by atoms with Gasteiger partial charge in [-0.25, -0.2) is 8.42 Å². The normalized spacial score (nSPS) is 12.3. The molecule has 0 fully saturated rings. The second kappa shape index (κ2) is 9.58. The van der Waals surface area contributed by atoms with Crippen molar-refractivity contribution >= 4 is 15.7 Å². The molecule has 0 amide bonds. The zero-order valence-electron chi connectivity index (χ0n) is 16.3. The Morgan fingerprint density at radius 1 is 0.897 bits per heavy atom. The second-order valence-electron chi connectivity index (χ2n) is 6.65. The lowest BCUT2D eigenvalue weighted by Gasteiger charge is -2.27. The summed E-state index contributed by atoms with van der Waals surface area (Å²) in [6.45, 7) is 1.94. The molecule has 0 bridgehead atoms. The summed E-state index contributed by atoms with van der Waals surface area (Å²) in [5.74, 6) is 0.637. The van der Waals surface area contributed by atoms with Crippen LogP contribution in [-0.4, -0.2) is 32.8 Å². The number of benzene rings is 3. The maximum Gasteiger partial charge on any atom is 0.264 e. The van der Waals surface area contributed by atoms with Crippen LogP contribution in [0, 0.1) is 0 Å². The fourth-order valence-corrected chi connectivity index (χ4v) is 4.44. The zero-order valence-corrected chi connectivity index (χ0v) is 17.1. The third-order valence-corrected chi connectivity index (χ3v) is 6.33. The van der Waals surface area contributed by atoms with Gasteiger partial charge in [0.2, 0.25) is 0 Å². The highest BCUT2D eigenvalue weighted by Gasteiger charge is 2.27. The first kappa shape index (κ1) is 20.9. The molecular weight excluding hydrogens is 386 g/mol. The van der Waals surface area contributed by atoms with Crippen molar-refractivity contribution in [3.8, 4) is 5.75 Å². The van der Waals surface area contributed by atoms with Crippen LogP contribution in [0.3, 0.4) is 0 Å². The molecule has 5 nitrogen and oxygen atoms in total. The van der Waals surface area contributed by atoms with Gasteiger partial charge < -0.3 is 9.84 Å². The Balaban J connectivity index is 1.76. The Morgan fingerprint density at radius 3 is 2.07 bits per heavy atom. The number of nitrogens with zero attached hydrogens (tertiary/aromatic N) is 1. The molecule has 3 aromatic rings. The molecule has 152 valence electrons. The summed E-state index contributed by atoms with van der Waals surface area (Å²) in [6.07, 6.45) is -0.0636. The van der Waals surface area contributed by atoms with E-state index in [2.05, 4.69) is 6.92 Å². The van der Waals surface area contributed by atoms with Crippen molar-refractivity contribution in [1.29, 1.82) is 0 Å². The van der Waals surface area contributed by atoms with Crippen LogP contribution in [0.1, 0.15) is 12.5 Å². The molecular formula is C23H25NO4S. The molecule has 3 rings (SSSR count). The van der Waals surface area contributed by atoms with Crippen molar-refractivity contribution in [3.05, 3.63) is 90.5 Å². The van der Waals surface area contributed by atoms with Crippen LogP contribution in [-0.2, 0) is 16.4 Å². The fraction of sp³-hybridized carbons (Fsp3) is 0.217. The van der Waals surface area contributed by atoms with Gasteiger partial charge >= 0.3 is 0 Å². The molecule has 0 saturated heterocycles. The average Bonchev–Trinajstić information content (AvgIpc) is 2.77. The number of aliphatic hydroxyl groups is 1. The molecule has 3 aromatic carbocycles. The van der Waals surface area contributed by atoms with E-state index in [-0.39, 0.29) is 18.0 Å². The van der Waals surface area contributed by atoms with Crippen molar-refractivity contribution in [2.24, 2.45) is 0 Å². The minimum Gasteiger partial charge on any atom is -0.491 e. The highest BCUT2D eigenvalue weighted by Crippen LogP contribution is 2.24. The largest absolute Gasteiger partial charge is 0.491 e. The number of rotatable bonds is 9. The van der Waals surface area contributed by atoms with Gasteiger partial charge in [-0.3, -0.25) is 4.31 Å². The molecule has 1 N–H and O–H groups in total. The number of para-hydroxylation sites is 1. The summed E-state index contributed by atoms with van der Waals surface area (Å²) in [5, 5.41) is 10.5. The Hall–Kier alpha value is -2.83. The second-order valence-corrected chi connectivity index (χ2v) is 8.51. The first-order valence-corrected chi connectivity index (χ1v) is 11.0. The van der Waals surface area contributed by atoms with E-state index in [0.717, 1.165) is 6.42 Å². The minimum absolute atomic E-state index is 0.0148. The Bertz CT molecular complexity index is 990. The Kier molecular flexibility index (Phi) is 6.90. The van der Waals surface area contributed by atoms with Crippen molar-refractivity contribution < 1.29 is 18.3 Å². The topological polar surface area (TPSA) is 66.8 Å². The molecule has 0 aliphatic heterocycles. The molecule has 0 saturated carbocycles. The van der Waals surface area contributed by atoms with E-state index in [1.165, 1.54) is 9.87 Å². The first-order valence-electron chi connectivity index (χ1n) is 9.53. The van der Waals surface area contributed by atoms with E-state index in [9.17, 15) is 13.5 Å². The van der Waals surface area contributed by atoms with E-state index < -0.39 is 16.1 Å². The van der Waals surface area contributed by atoms with Gasteiger partial charge in [0.15, 0.2) is 0 Å². The maximum absolute atomic E-state index is 13.2. The number of ether oxygens (including phenoxy) is 1. The van der Waals surface area contributed by atoms with Gasteiger partial charge in [0.25, 0.3) is 10.0 Å². The van der Waals surface area contributed by atoms with Crippen LogP contribution in [0.2, 0.25) is 0 Å². The summed E-state index contributed by atoms with van der Waals surface area (Å²) in [5.41, 5.74) is 1.69. The van der Waals surface area contributed by atoms with Crippen LogP contribution in [0.4, 0.5) is 5.69 Å². The monoisotopic (exact) mass is 411 g/mol. The Morgan fingerprint density at radius 2 is 1.48 bits per heavy atom. The molecule has 0 radical (unpaired) electrons. The Labute approximate surface area is 172 Å². The van der Waals surface area contributed by atoms with Gasteiger partial charge in [-0.05, 0) is 48.4 Å². The number of sulfonamides is 1. The van der Waals surface area contributed by atoms with Crippen molar-refractivity contribution in [3.63, 3.8) is 0 Å². The van der Waals surface area contributed by atoms with Gasteiger partial charge in [-0.1, -0.05) is 55.5 Å². The highest BCUT2D eigenvalue weighted by atomic mass is 32.2. The third-order valence-electron chi connectivity index (χ3n) is 4.53. The SMILES string of the molecule is CCc1ccc(OC[C@@H](O)CN(c2ccccc2)S(=O)(=O)c2ccccc2)cc1. The number of aryl methyl sites for hydroxylation is 1. The van der Waals surface area contributed by atoms with Crippen LogP contribution >= 0.6 is 0 Å².